The van der Waals surface area contributed by atoms with Gasteiger partial charge in [0, 0.05) is 24.3 Å². The molecule has 2 atom stereocenters. The van der Waals surface area contributed by atoms with Crippen LogP contribution in [0.4, 0.5) is 20.6 Å². The third-order valence-electron chi connectivity index (χ3n) is 7.56. The molecule has 3 amide bonds. The van der Waals surface area contributed by atoms with E-state index in [0.717, 1.165) is 0 Å². The van der Waals surface area contributed by atoms with Crippen LogP contribution in [0.2, 0.25) is 5.02 Å². The molecule has 0 saturated carbocycles. The van der Waals surface area contributed by atoms with Crippen LogP contribution in [0.15, 0.2) is 48.9 Å². The fourth-order valence-corrected chi connectivity index (χ4v) is 5.22. The zero-order chi connectivity index (χ0) is 32.1. The van der Waals surface area contributed by atoms with E-state index in [9.17, 15) is 18.8 Å². The number of amides is 3. The molecule has 4 N–H and O–H groups in total. The number of hydrogen-bond donors (Lipinski definition) is 4. The van der Waals surface area contributed by atoms with E-state index in [1.165, 1.54) is 24.1 Å². The number of H-pyrrole nitrogens is 1. The first kappa shape index (κ1) is 31.7. The number of imidazole rings is 2. The Morgan fingerprint density at radius 1 is 1.18 bits per heavy atom. The summed E-state index contributed by atoms with van der Waals surface area (Å²) in [5, 5.41) is 8.61. The van der Waals surface area contributed by atoms with Crippen LogP contribution in [-0.4, -0.2) is 57.8 Å². The molecular formula is C31H33ClFN7O5. The van der Waals surface area contributed by atoms with Crippen molar-refractivity contribution >= 4 is 40.9 Å². The molecule has 45 heavy (non-hydrogen) atoms. The first-order valence-electron chi connectivity index (χ1n) is 14.4. The van der Waals surface area contributed by atoms with Gasteiger partial charge in [0.15, 0.2) is 5.82 Å². The van der Waals surface area contributed by atoms with Crippen molar-refractivity contribution in [2.45, 2.75) is 39.2 Å². The van der Waals surface area contributed by atoms with E-state index < -0.39 is 23.9 Å². The fraction of sp³-hybridized carbons (Fsp3) is 0.323. The molecule has 2 bridgehead atoms. The second-order valence-corrected chi connectivity index (χ2v) is 11.1. The Labute approximate surface area is 263 Å². The Morgan fingerprint density at radius 3 is 2.80 bits per heavy atom. The van der Waals surface area contributed by atoms with Crippen molar-refractivity contribution in [1.29, 1.82) is 0 Å². The van der Waals surface area contributed by atoms with E-state index in [0.29, 0.717) is 53.4 Å². The zero-order valence-electron chi connectivity index (χ0n) is 24.9. The highest BCUT2D eigenvalue weighted by atomic mass is 35.5. The number of anilines is 2. The van der Waals surface area contributed by atoms with Gasteiger partial charge in [-0.15, -0.1) is 0 Å². The summed E-state index contributed by atoms with van der Waals surface area (Å²) >= 11 is 5.96. The maximum Gasteiger partial charge on any atom is 0.411 e. The largest absolute Gasteiger partial charge is 0.447 e. The number of carbonyl (C=O) groups is 3. The SMILES string of the molecule is COCCOC(=O)Nc1ccc2c(c1)NC(=O)C(C)CCCC(NC(=O)c1ncn(-c3cccc(Cl)c3F)c1C)c1ncc-2[nH]1. The topological polar surface area (TPSA) is 152 Å². The van der Waals surface area contributed by atoms with Crippen molar-refractivity contribution in [3.63, 3.8) is 0 Å². The first-order chi connectivity index (χ1) is 21.7. The average molecular weight is 638 g/mol. The summed E-state index contributed by atoms with van der Waals surface area (Å²) in [6.07, 6.45) is 4.00. The van der Waals surface area contributed by atoms with E-state index in [-0.39, 0.29) is 41.4 Å². The number of ether oxygens (including phenoxy) is 2. The number of rotatable bonds is 7. The lowest BCUT2D eigenvalue weighted by Crippen LogP contribution is -2.30. The molecule has 236 valence electrons. The van der Waals surface area contributed by atoms with Crippen LogP contribution in [0, 0.1) is 18.7 Å². The van der Waals surface area contributed by atoms with Crippen molar-refractivity contribution in [2.75, 3.05) is 31.0 Å². The van der Waals surface area contributed by atoms with Crippen LogP contribution in [0.3, 0.4) is 0 Å². The number of nitrogens with zero attached hydrogens (tertiary/aromatic N) is 3. The third-order valence-corrected chi connectivity index (χ3v) is 7.85. The monoisotopic (exact) mass is 637 g/mol. The average Bonchev–Trinajstić information content (AvgIpc) is 3.65. The van der Waals surface area contributed by atoms with Gasteiger partial charge in [-0.05, 0) is 50.1 Å². The lowest BCUT2D eigenvalue weighted by Gasteiger charge is -2.20. The standard InChI is InChI=1S/C31H33ClFN7O5/c1-17-6-4-8-22(38-30(42)27-18(2)40(16-35-27)25-9-5-7-21(32)26(25)33)28-34-15-24(37-28)20-11-10-19(14-23(20)39-29(17)41)36-31(43)45-13-12-44-3/h5,7,9-11,14-17,22H,4,6,8,12-13H2,1-3H3,(H,34,37)(H,36,43)(H,38,42)(H,39,41). The van der Waals surface area contributed by atoms with Crippen molar-refractivity contribution in [2.24, 2.45) is 5.92 Å². The van der Waals surface area contributed by atoms with E-state index in [1.54, 1.807) is 43.5 Å². The Morgan fingerprint density at radius 2 is 2.00 bits per heavy atom. The van der Waals surface area contributed by atoms with Gasteiger partial charge in [-0.2, -0.15) is 0 Å². The number of methoxy groups -OCH3 is 1. The maximum atomic E-state index is 14.7. The van der Waals surface area contributed by atoms with E-state index in [2.05, 4.69) is 30.9 Å². The molecule has 0 saturated heterocycles. The lowest BCUT2D eigenvalue weighted by molar-refractivity contribution is -0.119. The van der Waals surface area contributed by atoms with Crippen molar-refractivity contribution in [1.82, 2.24) is 24.8 Å². The predicted octanol–water partition coefficient (Wildman–Crippen LogP) is 5.79. The molecule has 0 fully saturated rings. The molecular weight excluding hydrogens is 605 g/mol. The van der Waals surface area contributed by atoms with Gasteiger partial charge in [-0.25, -0.2) is 19.2 Å². The van der Waals surface area contributed by atoms with Crippen molar-refractivity contribution < 1.29 is 28.2 Å². The normalized spacial score (nSPS) is 16.5. The molecule has 0 aliphatic carbocycles. The van der Waals surface area contributed by atoms with Crippen LogP contribution in [0.1, 0.15) is 54.2 Å². The van der Waals surface area contributed by atoms with Gasteiger partial charge in [0.25, 0.3) is 5.91 Å². The number of benzene rings is 2. The van der Waals surface area contributed by atoms with Crippen LogP contribution in [0.5, 0.6) is 0 Å². The second-order valence-electron chi connectivity index (χ2n) is 10.7. The summed E-state index contributed by atoms with van der Waals surface area (Å²) in [4.78, 5) is 50.9. The Hall–Kier alpha value is -4.75. The van der Waals surface area contributed by atoms with E-state index in [1.807, 2.05) is 6.92 Å². The molecule has 1 aliphatic rings. The van der Waals surface area contributed by atoms with Crippen LogP contribution >= 0.6 is 11.6 Å². The van der Waals surface area contributed by atoms with Crippen LogP contribution in [0.25, 0.3) is 16.9 Å². The minimum atomic E-state index is -0.653. The minimum Gasteiger partial charge on any atom is -0.447 e. The van der Waals surface area contributed by atoms with Gasteiger partial charge in [0.05, 0.1) is 46.6 Å². The van der Waals surface area contributed by atoms with E-state index in [4.69, 9.17) is 21.1 Å². The summed E-state index contributed by atoms with van der Waals surface area (Å²) in [6.45, 7) is 3.87. The summed E-state index contributed by atoms with van der Waals surface area (Å²) in [6, 6.07) is 9.16. The number of aromatic nitrogens is 4. The third kappa shape index (κ3) is 7.15. The number of carbonyl (C=O) groups excluding carboxylic acids is 3. The minimum absolute atomic E-state index is 0.0362. The smallest absolute Gasteiger partial charge is 0.411 e. The number of hydrogen-bond acceptors (Lipinski definition) is 7. The second kappa shape index (κ2) is 13.9. The van der Waals surface area contributed by atoms with Gasteiger partial charge in [-0.3, -0.25) is 19.5 Å². The Bertz CT molecular complexity index is 1720. The quantitative estimate of drug-likeness (QED) is 0.187. The number of halogens is 2. The molecule has 12 nitrogen and oxygen atoms in total. The molecule has 2 unspecified atom stereocenters. The Balaban J connectivity index is 1.41. The highest BCUT2D eigenvalue weighted by molar-refractivity contribution is 6.30. The molecule has 2 aromatic heterocycles. The maximum absolute atomic E-state index is 14.7. The molecule has 3 heterocycles. The summed E-state index contributed by atoms with van der Waals surface area (Å²) in [7, 11) is 1.51. The van der Waals surface area contributed by atoms with Gasteiger partial charge in [0.2, 0.25) is 5.91 Å². The molecule has 0 radical (unpaired) electrons. The summed E-state index contributed by atoms with van der Waals surface area (Å²) in [5.41, 5.74) is 2.87. The lowest BCUT2D eigenvalue weighted by atomic mass is 9.99. The molecule has 1 aliphatic heterocycles. The number of fused-ring (bicyclic) bond motifs is 4. The van der Waals surface area contributed by atoms with Crippen LogP contribution in [-0.2, 0) is 14.3 Å². The van der Waals surface area contributed by atoms with Gasteiger partial charge < -0.3 is 25.1 Å². The zero-order valence-corrected chi connectivity index (χ0v) is 25.7. The van der Waals surface area contributed by atoms with Gasteiger partial charge >= 0.3 is 6.09 Å². The van der Waals surface area contributed by atoms with Crippen molar-refractivity contribution in [3.8, 4) is 16.9 Å². The number of aromatic amines is 1. The van der Waals surface area contributed by atoms with Gasteiger partial charge in [0.1, 0.15) is 24.5 Å². The molecule has 4 aromatic rings. The summed E-state index contributed by atoms with van der Waals surface area (Å²) < 4.78 is 26.1. The first-order valence-corrected chi connectivity index (χ1v) is 14.8. The molecule has 2 aromatic carbocycles. The predicted molar refractivity (Wildman–Crippen MR) is 166 cm³/mol. The number of nitrogens with one attached hydrogen (secondary N) is 4. The highest BCUT2D eigenvalue weighted by Crippen LogP contribution is 2.33. The highest BCUT2D eigenvalue weighted by Gasteiger charge is 2.26. The summed E-state index contributed by atoms with van der Waals surface area (Å²) in [5.74, 6) is -1.08. The molecule has 0 spiro atoms. The van der Waals surface area contributed by atoms with E-state index >= 15 is 0 Å². The van der Waals surface area contributed by atoms with Crippen molar-refractivity contribution in [3.05, 3.63) is 77.0 Å². The molecule has 5 rings (SSSR count). The fourth-order valence-electron chi connectivity index (χ4n) is 5.06. The van der Waals surface area contributed by atoms with Gasteiger partial charge in [-0.1, -0.05) is 31.0 Å². The van der Waals surface area contributed by atoms with Crippen LogP contribution < -0.4 is 16.0 Å². The molecule has 14 heteroatoms. The Kier molecular flexibility index (Phi) is 9.79.